The third kappa shape index (κ3) is 3.07. The maximum atomic E-state index is 12.7. The Balaban J connectivity index is 1.31. The van der Waals surface area contributed by atoms with E-state index in [1.165, 1.54) is 19.4 Å². The highest BCUT2D eigenvalue weighted by atomic mass is 16.5. The summed E-state index contributed by atoms with van der Waals surface area (Å²) >= 11 is 0. The highest BCUT2D eigenvalue weighted by molar-refractivity contribution is 5.94. The van der Waals surface area contributed by atoms with E-state index in [-0.39, 0.29) is 5.91 Å². The zero-order chi connectivity index (χ0) is 16.5. The Hall–Kier alpha value is -1.81. The molecule has 4 nitrogen and oxygen atoms in total. The van der Waals surface area contributed by atoms with Gasteiger partial charge in [-0.1, -0.05) is 18.2 Å². The van der Waals surface area contributed by atoms with Crippen LogP contribution in [-0.2, 0) is 0 Å². The minimum absolute atomic E-state index is 0.135. The van der Waals surface area contributed by atoms with Gasteiger partial charge >= 0.3 is 0 Å². The summed E-state index contributed by atoms with van der Waals surface area (Å²) in [5.74, 6) is 3.44. The molecule has 2 fully saturated rings. The maximum absolute atomic E-state index is 12.7. The minimum Gasteiger partial charge on any atom is -0.497 e. The van der Waals surface area contributed by atoms with Gasteiger partial charge in [-0.2, -0.15) is 0 Å². The van der Waals surface area contributed by atoms with Crippen molar-refractivity contribution in [2.24, 2.45) is 17.8 Å². The first-order chi connectivity index (χ1) is 11.7. The van der Waals surface area contributed by atoms with Crippen LogP contribution in [0.25, 0.3) is 0 Å². The molecule has 0 unspecified atom stereocenters. The molecule has 0 radical (unpaired) electrons. The van der Waals surface area contributed by atoms with Gasteiger partial charge in [-0.05, 0) is 42.9 Å². The maximum Gasteiger partial charge on any atom is 0.254 e. The lowest BCUT2D eigenvalue weighted by Crippen LogP contribution is -3.15. The third-order valence-corrected chi connectivity index (χ3v) is 6.04. The van der Waals surface area contributed by atoms with E-state index in [1.807, 2.05) is 29.2 Å². The van der Waals surface area contributed by atoms with E-state index in [2.05, 4.69) is 12.2 Å². The number of ether oxygens (including phenoxy) is 1. The first-order valence-electron chi connectivity index (χ1n) is 9.18. The van der Waals surface area contributed by atoms with Crippen LogP contribution in [0.5, 0.6) is 5.75 Å². The lowest BCUT2D eigenvalue weighted by Gasteiger charge is -2.34. The number of hydrogen-bond acceptors (Lipinski definition) is 2. The predicted molar refractivity (Wildman–Crippen MR) is 93.3 cm³/mol. The summed E-state index contributed by atoms with van der Waals surface area (Å²) in [6.07, 6.45) is 7.64. The second-order valence-electron chi connectivity index (χ2n) is 7.52. The molecule has 0 aromatic heterocycles. The van der Waals surface area contributed by atoms with Gasteiger partial charge in [-0.25, -0.2) is 0 Å². The zero-order valence-electron chi connectivity index (χ0n) is 14.4. The van der Waals surface area contributed by atoms with Crippen molar-refractivity contribution in [1.29, 1.82) is 0 Å². The lowest BCUT2D eigenvalue weighted by atomic mass is 9.93. The smallest absolute Gasteiger partial charge is 0.254 e. The lowest BCUT2D eigenvalue weighted by molar-refractivity contribution is -0.907. The number of quaternary nitrogens is 1. The van der Waals surface area contributed by atoms with E-state index in [4.69, 9.17) is 4.74 Å². The number of methoxy groups -OCH3 is 1. The van der Waals surface area contributed by atoms with Gasteiger partial charge < -0.3 is 14.5 Å². The number of nitrogens with zero attached hydrogens (tertiary/aromatic N) is 1. The highest BCUT2D eigenvalue weighted by Crippen LogP contribution is 2.42. The summed E-state index contributed by atoms with van der Waals surface area (Å²) in [4.78, 5) is 16.4. The van der Waals surface area contributed by atoms with Gasteiger partial charge in [0.15, 0.2) is 0 Å². The first kappa shape index (κ1) is 15.7. The Kier molecular flexibility index (Phi) is 4.31. The Morgan fingerprint density at radius 3 is 2.75 bits per heavy atom. The van der Waals surface area contributed by atoms with Crippen molar-refractivity contribution in [3.8, 4) is 5.75 Å². The highest BCUT2D eigenvalue weighted by Gasteiger charge is 2.38. The van der Waals surface area contributed by atoms with Crippen LogP contribution in [0, 0.1) is 17.8 Å². The van der Waals surface area contributed by atoms with E-state index < -0.39 is 0 Å². The molecule has 1 aliphatic heterocycles. The number of fused-ring (bicyclic) bond motifs is 2. The molecular formula is C20H27N2O2+. The fourth-order valence-corrected chi connectivity index (χ4v) is 4.67. The molecule has 2 aliphatic carbocycles. The summed E-state index contributed by atoms with van der Waals surface area (Å²) in [6, 6.07) is 7.48. The first-order valence-corrected chi connectivity index (χ1v) is 9.18. The molecule has 4 rings (SSSR count). The van der Waals surface area contributed by atoms with Crippen molar-refractivity contribution in [3.05, 3.63) is 42.0 Å². The van der Waals surface area contributed by atoms with Gasteiger partial charge in [0.2, 0.25) is 0 Å². The van der Waals surface area contributed by atoms with Crippen LogP contribution in [0.3, 0.4) is 0 Å². The monoisotopic (exact) mass is 327 g/mol. The van der Waals surface area contributed by atoms with E-state index in [0.717, 1.165) is 55.2 Å². The van der Waals surface area contributed by atoms with Gasteiger partial charge in [0.1, 0.15) is 5.75 Å². The molecule has 3 aliphatic rings. The fraction of sp³-hybridized carbons (Fsp3) is 0.550. The molecule has 1 amide bonds. The number of allylic oxidation sites excluding steroid dienone is 2. The van der Waals surface area contributed by atoms with E-state index >= 15 is 0 Å². The second-order valence-corrected chi connectivity index (χ2v) is 7.52. The van der Waals surface area contributed by atoms with Crippen LogP contribution in [0.4, 0.5) is 0 Å². The molecule has 24 heavy (non-hydrogen) atoms. The number of rotatable bonds is 4. The topological polar surface area (TPSA) is 34.0 Å². The molecule has 1 heterocycles. The van der Waals surface area contributed by atoms with Crippen LogP contribution in [0.1, 0.15) is 23.2 Å². The van der Waals surface area contributed by atoms with Crippen LogP contribution in [0.15, 0.2) is 36.4 Å². The van der Waals surface area contributed by atoms with Crippen molar-refractivity contribution < 1.29 is 14.4 Å². The number of amides is 1. The quantitative estimate of drug-likeness (QED) is 0.845. The van der Waals surface area contributed by atoms with Crippen molar-refractivity contribution >= 4 is 5.91 Å². The molecule has 1 saturated heterocycles. The summed E-state index contributed by atoms with van der Waals surface area (Å²) in [5.41, 5.74) is 0.732. The molecule has 1 saturated carbocycles. The zero-order valence-corrected chi connectivity index (χ0v) is 14.4. The van der Waals surface area contributed by atoms with Gasteiger partial charge in [-0.15, -0.1) is 0 Å². The average molecular weight is 327 g/mol. The number of nitrogens with one attached hydrogen (secondary N) is 1. The molecule has 1 N–H and O–H groups in total. The Morgan fingerprint density at radius 1 is 1.25 bits per heavy atom. The van der Waals surface area contributed by atoms with Crippen molar-refractivity contribution in [1.82, 2.24) is 4.90 Å². The van der Waals surface area contributed by atoms with Crippen LogP contribution in [0.2, 0.25) is 0 Å². The average Bonchev–Trinajstić information content (AvgIpc) is 3.25. The minimum atomic E-state index is 0.135. The van der Waals surface area contributed by atoms with Crippen molar-refractivity contribution in [2.75, 3.05) is 39.8 Å². The largest absolute Gasteiger partial charge is 0.497 e. The van der Waals surface area contributed by atoms with E-state index in [0.29, 0.717) is 0 Å². The normalized spacial score (nSPS) is 29.2. The van der Waals surface area contributed by atoms with Gasteiger partial charge in [-0.3, -0.25) is 4.79 Å². The Morgan fingerprint density at radius 2 is 2.08 bits per heavy atom. The van der Waals surface area contributed by atoms with Crippen molar-refractivity contribution in [2.45, 2.75) is 12.8 Å². The molecule has 4 heteroatoms. The molecule has 0 spiro atoms. The van der Waals surface area contributed by atoms with E-state index in [9.17, 15) is 4.79 Å². The van der Waals surface area contributed by atoms with Gasteiger partial charge in [0, 0.05) is 11.5 Å². The van der Waals surface area contributed by atoms with E-state index in [1.54, 1.807) is 12.0 Å². The molecular weight excluding hydrogens is 300 g/mol. The summed E-state index contributed by atoms with van der Waals surface area (Å²) < 4.78 is 5.23. The number of hydrogen-bond donors (Lipinski definition) is 1. The number of piperazine rings is 1. The summed E-state index contributed by atoms with van der Waals surface area (Å²) in [7, 11) is 1.64. The van der Waals surface area contributed by atoms with Gasteiger partial charge in [0.05, 0.1) is 39.8 Å². The number of benzene rings is 1. The number of carbonyl (C=O) groups is 1. The van der Waals surface area contributed by atoms with Crippen LogP contribution < -0.4 is 9.64 Å². The van der Waals surface area contributed by atoms with Crippen molar-refractivity contribution in [3.63, 3.8) is 0 Å². The van der Waals surface area contributed by atoms with Gasteiger partial charge in [0.25, 0.3) is 5.91 Å². The predicted octanol–water partition coefficient (Wildman–Crippen LogP) is 1.25. The molecule has 128 valence electrons. The second kappa shape index (κ2) is 6.60. The fourth-order valence-electron chi connectivity index (χ4n) is 4.67. The van der Waals surface area contributed by atoms with Crippen LogP contribution >= 0.6 is 0 Å². The molecule has 3 atom stereocenters. The summed E-state index contributed by atoms with van der Waals surface area (Å²) in [5, 5.41) is 0. The standard InChI is InChI=1S/C20H26N2O2/c1-24-19-4-2-3-17(13-19)20(23)22-9-7-21(8-10-22)14-18-12-15-5-6-16(18)11-15/h2-6,13,15-16,18H,7-12,14H2,1H3/p+1/t15-,16-,18-/m0/s1. The van der Waals surface area contributed by atoms with Crippen LogP contribution in [-0.4, -0.2) is 50.6 Å². The Labute approximate surface area is 144 Å². The number of carbonyl (C=O) groups excluding carboxylic acids is 1. The molecule has 1 aromatic rings. The Bertz CT molecular complexity index is 634. The molecule has 2 bridgehead atoms. The molecule has 1 aromatic carbocycles. The summed E-state index contributed by atoms with van der Waals surface area (Å²) in [6.45, 7) is 5.16. The SMILES string of the molecule is COc1cccc(C(=O)N2CC[NH+](C[C@@H]3C[C@H]4C=C[C@H]3C4)CC2)c1. The third-order valence-electron chi connectivity index (χ3n) is 6.04.